The third kappa shape index (κ3) is 6.04. The molecule has 1 aromatic heterocycles. The Morgan fingerprint density at radius 2 is 2.00 bits per heavy atom. The highest BCUT2D eigenvalue weighted by Gasteiger charge is 2.16. The lowest BCUT2D eigenvalue weighted by Crippen LogP contribution is -2.31. The molecule has 0 aliphatic heterocycles. The standard InChI is InChI=1S/C20H20N2O5/c1-3-25-17-8-6-15(7-9-17)13-22(2)19(23)14-27-20(24)16(12-21)11-18-5-4-10-26-18/h4-11H,3,13-14H2,1-2H3/b16-11+. The zero-order valence-corrected chi connectivity index (χ0v) is 15.2. The number of amides is 1. The van der Waals surface area contributed by atoms with Crippen LogP contribution in [0.5, 0.6) is 5.75 Å². The van der Waals surface area contributed by atoms with Crippen molar-refractivity contribution in [3.63, 3.8) is 0 Å². The maximum absolute atomic E-state index is 12.2. The van der Waals surface area contributed by atoms with Crippen LogP contribution in [0.3, 0.4) is 0 Å². The van der Waals surface area contributed by atoms with E-state index in [1.165, 1.54) is 17.2 Å². The van der Waals surface area contributed by atoms with Crippen LogP contribution < -0.4 is 4.74 Å². The van der Waals surface area contributed by atoms with Gasteiger partial charge in [-0.3, -0.25) is 4.79 Å². The van der Waals surface area contributed by atoms with Crippen molar-refractivity contribution < 1.29 is 23.5 Å². The number of benzene rings is 1. The van der Waals surface area contributed by atoms with Crippen molar-refractivity contribution in [2.45, 2.75) is 13.5 Å². The van der Waals surface area contributed by atoms with Crippen molar-refractivity contribution in [3.05, 3.63) is 59.6 Å². The van der Waals surface area contributed by atoms with E-state index in [2.05, 4.69) is 0 Å². The summed E-state index contributed by atoms with van der Waals surface area (Å²) in [5, 5.41) is 9.06. The van der Waals surface area contributed by atoms with E-state index < -0.39 is 12.6 Å². The highest BCUT2D eigenvalue weighted by molar-refractivity contribution is 5.98. The number of carbonyl (C=O) groups excluding carboxylic acids is 2. The number of likely N-dealkylation sites (N-methyl/N-ethyl adjacent to an activating group) is 1. The van der Waals surface area contributed by atoms with Crippen LogP contribution in [0.4, 0.5) is 0 Å². The molecule has 0 N–H and O–H groups in total. The van der Waals surface area contributed by atoms with Gasteiger partial charge in [-0.2, -0.15) is 5.26 Å². The molecule has 1 heterocycles. The normalized spacial score (nSPS) is 10.8. The van der Waals surface area contributed by atoms with Crippen molar-refractivity contribution in [1.82, 2.24) is 4.90 Å². The molecule has 0 unspecified atom stereocenters. The van der Waals surface area contributed by atoms with Crippen molar-refractivity contribution in [2.75, 3.05) is 20.3 Å². The SMILES string of the molecule is CCOc1ccc(CN(C)C(=O)COC(=O)/C(C#N)=C/c2ccco2)cc1. The zero-order chi connectivity index (χ0) is 19.6. The van der Waals surface area contributed by atoms with E-state index in [1.54, 1.807) is 25.2 Å². The second-order valence-corrected chi connectivity index (χ2v) is 5.59. The Labute approximate surface area is 157 Å². The first-order valence-corrected chi connectivity index (χ1v) is 8.31. The van der Waals surface area contributed by atoms with Crippen LogP contribution in [0.2, 0.25) is 0 Å². The summed E-state index contributed by atoms with van der Waals surface area (Å²) in [4.78, 5) is 25.5. The summed E-state index contributed by atoms with van der Waals surface area (Å²) >= 11 is 0. The van der Waals surface area contributed by atoms with Gasteiger partial charge in [0.05, 0.1) is 12.9 Å². The number of nitrogens with zero attached hydrogens (tertiary/aromatic N) is 2. The summed E-state index contributed by atoms with van der Waals surface area (Å²) in [5.41, 5.74) is 0.669. The summed E-state index contributed by atoms with van der Waals surface area (Å²) in [6.07, 6.45) is 2.68. The van der Waals surface area contributed by atoms with Crippen LogP contribution in [0, 0.1) is 11.3 Å². The number of hydrogen-bond donors (Lipinski definition) is 0. The van der Waals surface area contributed by atoms with Crippen LogP contribution in [0.25, 0.3) is 6.08 Å². The summed E-state index contributed by atoms with van der Waals surface area (Å²) in [6, 6.07) is 12.3. The predicted octanol–water partition coefficient (Wildman–Crippen LogP) is 2.79. The predicted molar refractivity (Wildman–Crippen MR) is 97.3 cm³/mol. The summed E-state index contributed by atoms with van der Waals surface area (Å²) in [5.74, 6) is -0.150. The van der Waals surface area contributed by atoms with Gasteiger partial charge in [0.25, 0.3) is 5.91 Å². The first-order valence-electron chi connectivity index (χ1n) is 8.31. The number of hydrogen-bond acceptors (Lipinski definition) is 6. The highest BCUT2D eigenvalue weighted by Crippen LogP contribution is 2.13. The molecule has 0 saturated heterocycles. The minimum absolute atomic E-state index is 0.244. The third-order valence-electron chi connectivity index (χ3n) is 3.58. The molecule has 0 aliphatic carbocycles. The fourth-order valence-electron chi connectivity index (χ4n) is 2.19. The van der Waals surface area contributed by atoms with Gasteiger partial charge in [0, 0.05) is 19.7 Å². The lowest BCUT2D eigenvalue weighted by molar-refractivity contribution is -0.148. The molecule has 0 spiro atoms. The number of ether oxygens (including phenoxy) is 2. The second-order valence-electron chi connectivity index (χ2n) is 5.59. The molecule has 0 radical (unpaired) electrons. The number of esters is 1. The summed E-state index contributed by atoms with van der Waals surface area (Å²) < 4.78 is 15.4. The lowest BCUT2D eigenvalue weighted by Gasteiger charge is -2.17. The van der Waals surface area contributed by atoms with Crippen LogP contribution in [0.15, 0.2) is 52.7 Å². The Kier molecular flexibility index (Phi) is 7.20. The molecule has 7 nitrogen and oxygen atoms in total. The molecule has 0 saturated carbocycles. The molecule has 1 aromatic carbocycles. The maximum Gasteiger partial charge on any atom is 0.349 e. The average molecular weight is 368 g/mol. The number of nitriles is 1. The van der Waals surface area contributed by atoms with Gasteiger partial charge in [0.2, 0.25) is 0 Å². The number of carbonyl (C=O) groups is 2. The van der Waals surface area contributed by atoms with E-state index in [4.69, 9.17) is 19.2 Å². The van der Waals surface area contributed by atoms with E-state index >= 15 is 0 Å². The molecule has 0 fully saturated rings. The molecule has 27 heavy (non-hydrogen) atoms. The lowest BCUT2D eigenvalue weighted by atomic mass is 10.2. The Hall–Kier alpha value is -3.53. The zero-order valence-electron chi connectivity index (χ0n) is 15.2. The minimum atomic E-state index is -0.878. The van der Waals surface area contributed by atoms with Crippen LogP contribution in [-0.2, 0) is 20.9 Å². The Balaban J connectivity index is 1.86. The van der Waals surface area contributed by atoms with Crippen molar-refractivity contribution in [1.29, 1.82) is 5.26 Å². The molecule has 140 valence electrons. The van der Waals surface area contributed by atoms with Gasteiger partial charge in [0.15, 0.2) is 6.61 Å². The Morgan fingerprint density at radius 1 is 1.26 bits per heavy atom. The fraction of sp³-hybridized carbons (Fsp3) is 0.250. The molecule has 0 aliphatic rings. The van der Waals surface area contributed by atoms with E-state index in [0.29, 0.717) is 18.9 Å². The average Bonchev–Trinajstić information content (AvgIpc) is 3.18. The molecule has 2 rings (SSSR count). The first-order chi connectivity index (χ1) is 13.0. The topological polar surface area (TPSA) is 92.8 Å². The minimum Gasteiger partial charge on any atom is -0.494 e. The number of furan rings is 1. The van der Waals surface area contributed by atoms with Crippen molar-refractivity contribution >= 4 is 18.0 Å². The smallest absolute Gasteiger partial charge is 0.349 e. The van der Waals surface area contributed by atoms with E-state index in [-0.39, 0.29) is 11.5 Å². The van der Waals surface area contributed by atoms with Gasteiger partial charge in [-0.05, 0) is 36.8 Å². The molecule has 0 atom stereocenters. The van der Waals surface area contributed by atoms with E-state index in [1.807, 2.05) is 31.2 Å². The van der Waals surface area contributed by atoms with Gasteiger partial charge >= 0.3 is 5.97 Å². The quantitative estimate of drug-likeness (QED) is 0.404. The molecular formula is C20H20N2O5. The largest absolute Gasteiger partial charge is 0.494 e. The maximum atomic E-state index is 12.2. The Morgan fingerprint density at radius 3 is 2.59 bits per heavy atom. The van der Waals surface area contributed by atoms with Gasteiger partial charge < -0.3 is 18.8 Å². The fourth-order valence-corrected chi connectivity index (χ4v) is 2.19. The first kappa shape index (κ1) is 19.8. The number of rotatable bonds is 8. The molecule has 0 bridgehead atoms. The van der Waals surface area contributed by atoms with E-state index in [0.717, 1.165) is 11.3 Å². The van der Waals surface area contributed by atoms with Gasteiger partial charge in [0.1, 0.15) is 23.2 Å². The van der Waals surface area contributed by atoms with Crippen molar-refractivity contribution in [2.24, 2.45) is 0 Å². The second kappa shape index (κ2) is 9.82. The van der Waals surface area contributed by atoms with Gasteiger partial charge in [-0.25, -0.2) is 4.79 Å². The molecule has 7 heteroatoms. The molecule has 2 aromatic rings. The summed E-state index contributed by atoms with van der Waals surface area (Å²) in [6.45, 7) is 2.39. The molecule has 1 amide bonds. The van der Waals surface area contributed by atoms with Gasteiger partial charge in [-0.1, -0.05) is 12.1 Å². The van der Waals surface area contributed by atoms with Crippen molar-refractivity contribution in [3.8, 4) is 11.8 Å². The third-order valence-corrected chi connectivity index (χ3v) is 3.58. The molecular weight excluding hydrogens is 348 g/mol. The monoisotopic (exact) mass is 368 g/mol. The highest BCUT2D eigenvalue weighted by atomic mass is 16.5. The van der Waals surface area contributed by atoms with Crippen LogP contribution in [0.1, 0.15) is 18.2 Å². The van der Waals surface area contributed by atoms with Gasteiger partial charge in [-0.15, -0.1) is 0 Å². The van der Waals surface area contributed by atoms with Crippen LogP contribution in [-0.4, -0.2) is 37.0 Å². The van der Waals surface area contributed by atoms with E-state index in [9.17, 15) is 9.59 Å². The van der Waals surface area contributed by atoms with Crippen LogP contribution >= 0.6 is 0 Å². The summed E-state index contributed by atoms with van der Waals surface area (Å²) in [7, 11) is 1.61. The Bertz CT molecular complexity index is 832.